The zero-order valence-electron chi connectivity index (χ0n) is 15.1. The van der Waals surface area contributed by atoms with E-state index in [2.05, 4.69) is 22.5 Å². The first-order chi connectivity index (χ1) is 11.8. The summed E-state index contributed by atoms with van der Waals surface area (Å²) in [5.74, 6) is 1.66. The molecule has 0 radical (unpaired) electrons. The normalized spacial score (nSPS) is 11.4. The lowest BCUT2D eigenvalue weighted by Crippen LogP contribution is -2.38. The third-order valence-electron chi connectivity index (χ3n) is 3.18. The molecule has 0 fully saturated rings. The van der Waals surface area contributed by atoms with Gasteiger partial charge >= 0.3 is 0 Å². The van der Waals surface area contributed by atoms with Crippen LogP contribution in [0.1, 0.15) is 25.8 Å². The van der Waals surface area contributed by atoms with Crippen LogP contribution in [0, 0.1) is 0 Å². The summed E-state index contributed by atoms with van der Waals surface area (Å²) in [6, 6.07) is 7.98. The van der Waals surface area contributed by atoms with E-state index in [0.29, 0.717) is 19.8 Å². The standard InChI is InChI=1S/C18H31N3O3/c1-4-19-18(20-10-7-11-23-5-2)21-15-16-8-6-9-17(14-16)24-13-12-22-3/h6,8-9,14H,4-5,7,10-13,15H2,1-3H3,(H2,19,20,21). The number of rotatable bonds is 12. The molecule has 1 rings (SSSR count). The maximum absolute atomic E-state index is 5.63. The summed E-state index contributed by atoms with van der Waals surface area (Å²) in [5, 5.41) is 6.57. The van der Waals surface area contributed by atoms with Crippen LogP contribution in [0.5, 0.6) is 5.75 Å². The molecule has 0 bridgehead atoms. The summed E-state index contributed by atoms with van der Waals surface area (Å²) >= 11 is 0. The zero-order chi connectivity index (χ0) is 17.5. The molecule has 0 saturated carbocycles. The molecule has 0 aliphatic carbocycles. The zero-order valence-corrected chi connectivity index (χ0v) is 15.1. The predicted molar refractivity (Wildman–Crippen MR) is 97.7 cm³/mol. The Bertz CT molecular complexity index is 467. The number of hydrogen-bond donors (Lipinski definition) is 2. The summed E-state index contributed by atoms with van der Waals surface area (Å²) in [4.78, 5) is 4.61. The summed E-state index contributed by atoms with van der Waals surface area (Å²) in [5.41, 5.74) is 1.11. The van der Waals surface area contributed by atoms with E-state index in [1.54, 1.807) is 7.11 Å². The van der Waals surface area contributed by atoms with Gasteiger partial charge in [-0.25, -0.2) is 4.99 Å². The minimum atomic E-state index is 0.549. The highest BCUT2D eigenvalue weighted by molar-refractivity contribution is 5.79. The lowest BCUT2D eigenvalue weighted by atomic mass is 10.2. The average molecular weight is 337 g/mol. The largest absolute Gasteiger partial charge is 0.491 e. The molecule has 0 saturated heterocycles. The molecule has 6 nitrogen and oxygen atoms in total. The van der Waals surface area contributed by atoms with Crippen molar-refractivity contribution in [2.45, 2.75) is 26.8 Å². The maximum atomic E-state index is 5.63. The number of nitrogens with zero attached hydrogens (tertiary/aromatic N) is 1. The van der Waals surface area contributed by atoms with Crippen LogP contribution in [0.3, 0.4) is 0 Å². The third kappa shape index (κ3) is 9.37. The molecule has 6 heteroatoms. The van der Waals surface area contributed by atoms with Crippen LogP contribution in [0.25, 0.3) is 0 Å². The maximum Gasteiger partial charge on any atom is 0.191 e. The van der Waals surface area contributed by atoms with Crippen molar-refractivity contribution in [3.8, 4) is 5.75 Å². The van der Waals surface area contributed by atoms with E-state index in [4.69, 9.17) is 14.2 Å². The van der Waals surface area contributed by atoms with E-state index in [1.165, 1.54) is 0 Å². The molecule has 0 spiro atoms. The van der Waals surface area contributed by atoms with Gasteiger partial charge in [-0.05, 0) is 38.0 Å². The first-order valence-electron chi connectivity index (χ1n) is 8.60. The van der Waals surface area contributed by atoms with Crippen molar-refractivity contribution in [3.05, 3.63) is 29.8 Å². The Kier molecular flexibility index (Phi) is 11.5. The summed E-state index contributed by atoms with van der Waals surface area (Å²) in [6.45, 7) is 8.99. The molecule has 24 heavy (non-hydrogen) atoms. The van der Waals surface area contributed by atoms with Gasteiger partial charge in [-0.15, -0.1) is 0 Å². The van der Waals surface area contributed by atoms with E-state index < -0.39 is 0 Å². The molecule has 0 aromatic heterocycles. The van der Waals surface area contributed by atoms with Crippen molar-refractivity contribution in [1.29, 1.82) is 0 Å². The number of methoxy groups -OCH3 is 1. The van der Waals surface area contributed by atoms with Gasteiger partial charge in [-0.3, -0.25) is 0 Å². The topological polar surface area (TPSA) is 64.1 Å². The molecular formula is C18H31N3O3. The Morgan fingerprint density at radius 1 is 1.12 bits per heavy atom. The fourth-order valence-electron chi connectivity index (χ4n) is 2.01. The molecule has 0 amide bonds. The lowest BCUT2D eigenvalue weighted by Gasteiger charge is -2.11. The van der Waals surface area contributed by atoms with Gasteiger partial charge < -0.3 is 24.8 Å². The monoisotopic (exact) mass is 337 g/mol. The van der Waals surface area contributed by atoms with Crippen molar-refractivity contribution < 1.29 is 14.2 Å². The van der Waals surface area contributed by atoms with Gasteiger partial charge in [0.25, 0.3) is 0 Å². The molecule has 136 valence electrons. The van der Waals surface area contributed by atoms with Crippen LogP contribution in [-0.4, -0.2) is 52.6 Å². The molecule has 1 aromatic carbocycles. The smallest absolute Gasteiger partial charge is 0.191 e. The number of hydrogen-bond acceptors (Lipinski definition) is 4. The van der Waals surface area contributed by atoms with Gasteiger partial charge in [0.15, 0.2) is 5.96 Å². The molecule has 0 aliphatic rings. The van der Waals surface area contributed by atoms with Gasteiger partial charge in [0, 0.05) is 33.4 Å². The summed E-state index contributed by atoms with van der Waals surface area (Å²) < 4.78 is 15.9. The highest BCUT2D eigenvalue weighted by atomic mass is 16.5. The number of nitrogens with one attached hydrogen (secondary N) is 2. The molecular weight excluding hydrogens is 306 g/mol. The van der Waals surface area contributed by atoms with E-state index in [0.717, 1.165) is 50.0 Å². The number of aliphatic imine (C=N–C) groups is 1. The summed E-state index contributed by atoms with van der Waals surface area (Å²) in [7, 11) is 1.66. The van der Waals surface area contributed by atoms with Crippen LogP contribution in [0.15, 0.2) is 29.3 Å². The predicted octanol–water partition coefficient (Wildman–Crippen LogP) is 2.19. The Balaban J connectivity index is 2.47. The SMILES string of the molecule is CCNC(=NCc1cccc(OCCOC)c1)NCCCOCC. The highest BCUT2D eigenvalue weighted by Gasteiger charge is 2.00. The van der Waals surface area contributed by atoms with Gasteiger partial charge in [0.1, 0.15) is 12.4 Å². The first-order valence-corrected chi connectivity index (χ1v) is 8.60. The van der Waals surface area contributed by atoms with Crippen LogP contribution in [0.4, 0.5) is 0 Å². The van der Waals surface area contributed by atoms with Gasteiger partial charge in [-0.2, -0.15) is 0 Å². The van der Waals surface area contributed by atoms with Gasteiger partial charge in [0.05, 0.1) is 13.2 Å². The average Bonchev–Trinajstić information content (AvgIpc) is 2.60. The minimum absolute atomic E-state index is 0.549. The quantitative estimate of drug-likeness (QED) is 0.348. The second kappa shape index (κ2) is 13.6. The van der Waals surface area contributed by atoms with E-state index in [-0.39, 0.29) is 0 Å². The Morgan fingerprint density at radius 2 is 2.00 bits per heavy atom. The molecule has 2 N–H and O–H groups in total. The van der Waals surface area contributed by atoms with Crippen molar-refractivity contribution in [3.63, 3.8) is 0 Å². The fraction of sp³-hybridized carbons (Fsp3) is 0.611. The van der Waals surface area contributed by atoms with Crippen LogP contribution in [0.2, 0.25) is 0 Å². The highest BCUT2D eigenvalue weighted by Crippen LogP contribution is 2.14. The Hall–Kier alpha value is -1.79. The van der Waals surface area contributed by atoms with Gasteiger partial charge in [0.2, 0.25) is 0 Å². The van der Waals surface area contributed by atoms with E-state index >= 15 is 0 Å². The number of benzene rings is 1. The van der Waals surface area contributed by atoms with Crippen molar-refractivity contribution in [1.82, 2.24) is 10.6 Å². The molecule has 0 atom stereocenters. The van der Waals surface area contributed by atoms with Crippen LogP contribution in [-0.2, 0) is 16.0 Å². The molecule has 0 heterocycles. The van der Waals surface area contributed by atoms with Crippen LogP contribution < -0.4 is 15.4 Å². The fourth-order valence-corrected chi connectivity index (χ4v) is 2.01. The van der Waals surface area contributed by atoms with Crippen molar-refractivity contribution in [2.24, 2.45) is 4.99 Å². The van der Waals surface area contributed by atoms with Crippen molar-refractivity contribution in [2.75, 3.05) is 46.6 Å². The first kappa shape index (κ1) is 20.3. The van der Waals surface area contributed by atoms with Crippen molar-refractivity contribution >= 4 is 5.96 Å². The Morgan fingerprint density at radius 3 is 2.75 bits per heavy atom. The molecule has 0 aliphatic heterocycles. The van der Waals surface area contributed by atoms with E-state index in [9.17, 15) is 0 Å². The molecule has 0 unspecified atom stereocenters. The third-order valence-corrected chi connectivity index (χ3v) is 3.18. The second-order valence-corrected chi connectivity index (χ2v) is 5.16. The summed E-state index contributed by atoms with van der Waals surface area (Å²) in [6.07, 6.45) is 0.959. The van der Waals surface area contributed by atoms with E-state index in [1.807, 2.05) is 31.2 Å². The van der Waals surface area contributed by atoms with Gasteiger partial charge in [-0.1, -0.05) is 12.1 Å². The lowest BCUT2D eigenvalue weighted by molar-refractivity contribution is 0.145. The number of ether oxygens (including phenoxy) is 3. The minimum Gasteiger partial charge on any atom is -0.491 e. The van der Waals surface area contributed by atoms with Crippen LogP contribution >= 0.6 is 0 Å². The second-order valence-electron chi connectivity index (χ2n) is 5.16. The Labute approximate surface area is 145 Å². The number of guanidine groups is 1. The molecule has 1 aromatic rings.